The van der Waals surface area contributed by atoms with Crippen LogP contribution in [0.1, 0.15) is 23.9 Å². The van der Waals surface area contributed by atoms with Crippen molar-refractivity contribution in [2.45, 2.75) is 26.4 Å². The Morgan fingerprint density at radius 3 is 2.78 bits per heavy atom. The molecule has 2 aromatic rings. The smallest absolute Gasteiger partial charge is 0.0625 e. The molecule has 0 aliphatic carbocycles. The Balaban J connectivity index is 1.90. The summed E-state index contributed by atoms with van der Waals surface area (Å²) in [5, 5.41) is 7.88. The minimum Gasteiger partial charge on any atom is -0.307 e. The molecule has 18 heavy (non-hydrogen) atoms. The number of aryl methyl sites for hydroxylation is 2. The van der Waals surface area contributed by atoms with Gasteiger partial charge in [-0.25, -0.2) is 0 Å². The molecule has 96 valence electrons. The average Bonchev–Trinajstić information content (AvgIpc) is 2.71. The number of halogens is 1. The van der Waals surface area contributed by atoms with Crippen molar-refractivity contribution in [1.29, 1.82) is 0 Å². The predicted octanol–water partition coefficient (Wildman–Crippen LogP) is 3.03. The van der Waals surface area contributed by atoms with Gasteiger partial charge in [0, 0.05) is 24.6 Å². The molecule has 1 aromatic carbocycles. The van der Waals surface area contributed by atoms with E-state index in [4.69, 9.17) is 0 Å². The summed E-state index contributed by atoms with van der Waals surface area (Å²) in [5.74, 6) is 0. The van der Waals surface area contributed by atoms with E-state index < -0.39 is 0 Å². The third-order valence-electron chi connectivity index (χ3n) is 2.91. The van der Waals surface area contributed by atoms with Crippen molar-refractivity contribution >= 4 is 15.9 Å². The molecule has 1 N–H and O–H groups in total. The zero-order valence-corrected chi connectivity index (χ0v) is 12.4. The molecule has 1 heterocycles. The van der Waals surface area contributed by atoms with Gasteiger partial charge in [-0.1, -0.05) is 35.0 Å². The average molecular weight is 308 g/mol. The fraction of sp³-hybridized carbons (Fsp3) is 0.357. The summed E-state index contributed by atoms with van der Waals surface area (Å²) in [6, 6.07) is 10.5. The molecule has 3 nitrogen and oxygen atoms in total. The van der Waals surface area contributed by atoms with Gasteiger partial charge < -0.3 is 5.32 Å². The standard InChI is InChI=1S/C14H18BrN3/c1-3-13-8-14(18(2)17-13)10-16-9-11-5-4-6-12(15)7-11/h4-8,16H,3,9-10H2,1-2H3. The lowest BCUT2D eigenvalue weighted by Gasteiger charge is -2.05. The van der Waals surface area contributed by atoms with Crippen LogP contribution in [-0.2, 0) is 26.6 Å². The molecule has 1 aromatic heterocycles. The number of nitrogens with one attached hydrogen (secondary N) is 1. The molecular formula is C14H18BrN3. The van der Waals surface area contributed by atoms with Crippen molar-refractivity contribution in [1.82, 2.24) is 15.1 Å². The Morgan fingerprint density at radius 2 is 2.11 bits per heavy atom. The fourth-order valence-electron chi connectivity index (χ4n) is 1.89. The van der Waals surface area contributed by atoms with Crippen LogP contribution in [0.25, 0.3) is 0 Å². The normalized spacial score (nSPS) is 10.8. The van der Waals surface area contributed by atoms with Crippen molar-refractivity contribution in [2.24, 2.45) is 7.05 Å². The Morgan fingerprint density at radius 1 is 1.28 bits per heavy atom. The summed E-state index contributed by atoms with van der Waals surface area (Å²) in [7, 11) is 2.00. The van der Waals surface area contributed by atoms with Crippen molar-refractivity contribution in [2.75, 3.05) is 0 Å². The summed E-state index contributed by atoms with van der Waals surface area (Å²) in [5.41, 5.74) is 3.65. The monoisotopic (exact) mass is 307 g/mol. The Kier molecular flexibility index (Phi) is 4.55. The van der Waals surface area contributed by atoms with Crippen molar-refractivity contribution in [3.63, 3.8) is 0 Å². The Hall–Kier alpha value is -1.13. The molecule has 4 heteroatoms. The SMILES string of the molecule is CCc1cc(CNCc2cccc(Br)c2)n(C)n1. The van der Waals surface area contributed by atoms with E-state index in [9.17, 15) is 0 Å². The topological polar surface area (TPSA) is 29.9 Å². The van der Waals surface area contributed by atoms with Gasteiger partial charge in [-0.3, -0.25) is 4.68 Å². The molecule has 0 spiro atoms. The van der Waals surface area contributed by atoms with Crippen molar-refractivity contribution in [3.8, 4) is 0 Å². The molecule has 0 amide bonds. The van der Waals surface area contributed by atoms with Crippen LogP contribution in [-0.4, -0.2) is 9.78 Å². The second-order valence-electron chi connectivity index (χ2n) is 4.34. The maximum Gasteiger partial charge on any atom is 0.0625 e. The van der Waals surface area contributed by atoms with Crippen LogP contribution in [0.4, 0.5) is 0 Å². The minimum atomic E-state index is 0.843. The zero-order chi connectivity index (χ0) is 13.0. The molecule has 0 aliphatic heterocycles. The number of benzene rings is 1. The molecule has 0 fully saturated rings. The summed E-state index contributed by atoms with van der Waals surface area (Å²) in [6.07, 6.45) is 0.986. The highest BCUT2D eigenvalue weighted by Gasteiger charge is 2.03. The molecule has 0 atom stereocenters. The van der Waals surface area contributed by atoms with Gasteiger partial charge in [0.1, 0.15) is 0 Å². The number of aromatic nitrogens is 2. The van der Waals surface area contributed by atoms with Gasteiger partial charge in [0.15, 0.2) is 0 Å². The van der Waals surface area contributed by atoms with Crippen LogP contribution >= 0.6 is 15.9 Å². The minimum absolute atomic E-state index is 0.843. The van der Waals surface area contributed by atoms with E-state index in [-0.39, 0.29) is 0 Å². The fourth-order valence-corrected chi connectivity index (χ4v) is 2.34. The lowest BCUT2D eigenvalue weighted by atomic mass is 10.2. The lowest BCUT2D eigenvalue weighted by molar-refractivity contribution is 0.623. The first-order valence-electron chi connectivity index (χ1n) is 6.16. The lowest BCUT2D eigenvalue weighted by Crippen LogP contribution is -2.15. The van der Waals surface area contributed by atoms with Gasteiger partial charge >= 0.3 is 0 Å². The van der Waals surface area contributed by atoms with E-state index >= 15 is 0 Å². The first kappa shape index (κ1) is 13.3. The van der Waals surface area contributed by atoms with E-state index in [1.165, 1.54) is 11.3 Å². The third-order valence-corrected chi connectivity index (χ3v) is 3.41. The van der Waals surface area contributed by atoms with Crippen LogP contribution in [0.2, 0.25) is 0 Å². The number of hydrogen-bond donors (Lipinski definition) is 1. The van der Waals surface area contributed by atoms with Crippen LogP contribution < -0.4 is 5.32 Å². The van der Waals surface area contributed by atoms with Gasteiger partial charge in [0.25, 0.3) is 0 Å². The highest BCUT2D eigenvalue weighted by Crippen LogP contribution is 2.11. The first-order valence-corrected chi connectivity index (χ1v) is 6.95. The maximum absolute atomic E-state index is 4.44. The van der Waals surface area contributed by atoms with E-state index in [1.54, 1.807) is 0 Å². The molecule has 2 rings (SSSR count). The van der Waals surface area contributed by atoms with Gasteiger partial charge in [0.05, 0.1) is 11.4 Å². The second kappa shape index (κ2) is 6.16. The van der Waals surface area contributed by atoms with Gasteiger partial charge in [-0.05, 0) is 30.2 Å². The summed E-state index contributed by atoms with van der Waals surface area (Å²) in [6.45, 7) is 3.84. The number of rotatable bonds is 5. The molecule has 0 unspecified atom stereocenters. The van der Waals surface area contributed by atoms with Crippen LogP contribution in [0.15, 0.2) is 34.8 Å². The van der Waals surface area contributed by atoms with E-state index in [0.29, 0.717) is 0 Å². The summed E-state index contributed by atoms with van der Waals surface area (Å²) < 4.78 is 3.07. The summed E-state index contributed by atoms with van der Waals surface area (Å²) in [4.78, 5) is 0. The molecule has 0 bridgehead atoms. The van der Waals surface area contributed by atoms with Crippen LogP contribution in [0.3, 0.4) is 0 Å². The van der Waals surface area contributed by atoms with Gasteiger partial charge in [-0.15, -0.1) is 0 Å². The molecular weight excluding hydrogens is 290 g/mol. The predicted molar refractivity (Wildman–Crippen MR) is 77.3 cm³/mol. The largest absolute Gasteiger partial charge is 0.307 e. The first-order chi connectivity index (χ1) is 8.69. The van der Waals surface area contributed by atoms with Gasteiger partial charge in [0.2, 0.25) is 0 Å². The summed E-state index contributed by atoms with van der Waals surface area (Å²) >= 11 is 3.48. The molecule has 0 saturated carbocycles. The van der Waals surface area contributed by atoms with Crippen LogP contribution in [0, 0.1) is 0 Å². The molecule has 0 radical (unpaired) electrons. The third kappa shape index (κ3) is 3.43. The Labute approximate surface area is 116 Å². The van der Waals surface area contributed by atoms with Crippen molar-refractivity contribution < 1.29 is 0 Å². The number of nitrogens with zero attached hydrogens (tertiary/aromatic N) is 2. The highest BCUT2D eigenvalue weighted by molar-refractivity contribution is 9.10. The maximum atomic E-state index is 4.44. The molecule has 0 aliphatic rings. The Bertz CT molecular complexity index is 520. The quantitative estimate of drug-likeness (QED) is 0.920. The number of hydrogen-bond acceptors (Lipinski definition) is 2. The van der Waals surface area contributed by atoms with E-state index in [1.807, 2.05) is 17.8 Å². The molecule has 0 saturated heterocycles. The van der Waals surface area contributed by atoms with Gasteiger partial charge in [-0.2, -0.15) is 5.10 Å². The van der Waals surface area contributed by atoms with E-state index in [2.05, 4.69) is 57.5 Å². The van der Waals surface area contributed by atoms with Crippen molar-refractivity contribution in [3.05, 3.63) is 51.8 Å². The van der Waals surface area contributed by atoms with Crippen LogP contribution in [0.5, 0.6) is 0 Å². The second-order valence-corrected chi connectivity index (χ2v) is 5.25. The zero-order valence-electron chi connectivity index (χ0n) is 10.8. The highest BCUT2D eigenvalue weighted by atomic mass is 79.9. The van der Waals surface area contributed by atoms with E-state index in [0.717, 1.165) is 29.7 Å².